The molecule has 0 amide bonds. The average molecular weight is 517 g/mol. The molecule has 1 atom stereocenters. The summed E-state index contributed by atoms with van der Waals surface area (Å²) in [6.45, 7) is 4.37. The molecule has 190 valence electrons. The van der Waals surface area contributed by atoms with Crippen LogP contribution in [0, 0.1) is 18.6 Å². The number of halogens is 2. The summed E-state index contributed by atoms with van der Waals surface area (Å²) in [6.07, 6.45) is 2.23. The summed E-state index contributed by atoms with van der Waals surface area (Å²) in [5.41, 5.74) is -0.469. The summed E-state index contributed by atoms with van der Waals surface area (Å²) in [4.78, 5) is 16.2. The number of hydrogen-bond acceptors (Lipinski definition) is 6. The Morgan fingerprint density at radius 1 is 1.17 bits per heavy atom. The molecule has 1 aliphatic rings. The van der Waals surface area contributed by atoms with Gasteiger partial charge in [0.1, 0.15) is 34.0 Å². The van der Waals surface area contributed by atoms with Crippen LogP contribution >= 0.6 is 0 Å². The Morgan fingerprint density at radius 3 is 2.61 bits per heavy atom. The number of fused-ring (bicyclic) bond motifs is 1. The van der Waals surface area contributed by atoms with Gasteiger partial charge in [0.15, 0.2) is 5.78 Å². The largest absolute Gasteiger partial charge is 0.486 e. The summed E-state index contributed by atoms with van der Waals surface area (Å²) in [5.74, 6) is -1.47. The molecule has 4 rings (SSSR count). The average Bonchev–Trinajstić information content (AvgIpc) is 2.82. The van der Waals surface area contributed by atoms with Crippen molar-refractivity contribution in [3.63, 3.8) is 0 Å². The summed E-state index contributed by atoms with van der Waals surface area (Å²) < 4.78 is 62.9. The van der Waals surface area contributed by atoms with Crippen LogP contribution in [0.2, 0.25) is 0 Å². The maximum atomic E-state index is 14.5. The number of ether oxygens (including phenoxy) is 1. The van der Waals surface area contributed by atoms with Crippen LogP contribution in [-0.4, -0.2) is 42.5 Å². The van der Waals surface area contributed by atoms with Crippen LogP contribution in [0.25, 0.3) is 11.1 Å². The first kappa shape index (κ1) is 25.7. The minimum Gasteiger partial charge on any atom is -0.486 e. The lowest BCUT2D eigenvalue weighted by Crippen LogP contribution is -2.44. The van der Waals surface area contributed by atoms with E-state index in [0.717, 1.165) is 22.5 Å². The topological polar surface area (TPSA) is 96.8 Å². The van der Waals surface area contributed by atoms with Crippen LogP contribution < -0.4 is 9.04 Å². The zero-order valence-electron chi connectivity index (χ0n) is 20.0. The number of ketones is 1. The number of aromatic nitrogens is 1. The Labute approximate surface area is 208 Å². The lowest BCUT2D eigenvalue weighted by Gasteiger charge is -2.36. The van der Waals surface area contributed by atoms with Crippen molar-refractivity contribution in [3.05, 3.63) is 72.1 Å². The van der Waals surface area contributed by atoms with Gasteiger partial charge in [0.2, 0.25) is 0 Å². The lowest BCUT2D eigenvalue weighted by molar-refractivity contribution is -0.134. The number of aliphatic hydroxyl groups is 1. The van der Waals surface area contributed by atoms with Crippen molar-refractivity contribution in [2.24, 2.45) is 0 Å². The number of pyridine rings is 1. The van der Waals surface area contributed by atoms with Gasteiger partial charge in [-0.25, -0.2) is 17.2 Å². The molecule has 36 heavy (non-hydrogen) atoms. The third kappa shape index (κ3) is 5.24. The molecule has 0 spiro atoms. The smallest absolute Gasteiger partial charge is 0.266 e. The molecule has 0 radical (unpaired) electrons. The van der Waals surface area contributed by atoms with E-state index in [2.05, 4.69) is 4.98 Å². The number of Topliss-reactive ketones (excluding diaryl/α,β-unsaturated/α-hetero) is 1. The predicted molar refractivity (Wildman–Crippen MR) is 130 cm³/mol. The number of hydrogen-bond donors (Lipinski definition) is 1. The normalized spacial score (nSPS) is 15.8. The fourth-order valence-electron chi connectivity index (χ4n) is 3.97. The Kier molecular flexibility index (Phi) is 6.85. The predicted octanol–water partition coefficient (Wildman–Crippen LogP) is 4.41. The molecule has 2 aromatic carbocycles. The van der Waals surface area contributed by atoms with Gasteiger partial charge in [0.25, 0.3) is 10.0 Å². The van der Waals surface area contributed by atoms with Gasteiger partial charge in [-0.05, 0) is 74.7 Å². The van der Waals surface area contributed by atoms with Gasteiger partial charge in [-0.1, -0.05) is 6.07 Å². The van der Waals surface area contributed by atoms with E-state index in [1.54, 1.807) is 6.92 Å². The van der Waals surface area contributed by atoms with Crippen molar-refractivity contribution in [2.45, 2.75) is 50.2 Å². The number of sulfonamides is 1. The molecule has 0 saturated heterocycles. The number of rotatable bonds is 7. The van der Waals surface area contributed by atoms with E-state index < -0.39 is 39.1 Å². The van der Waals surface area contributed by atoms with Gasteiger partial charge in [-0.15, -0.1) is 0 Å². The summed E-state index contributed by atoms with van der Waals surface area (Å²) in [7, 11) is -4.13. The van der Waals surface area contributed by atoms with Crippen LogP contribution in [0.4, 0.5) is 14.5 Å². The molecule has 0 fully saturated rings. The Balaban J connectivity index is 1.77. The minimum atomic E-state index is -4.13. The SMILES string of the molecule is Cc1cncc(S(=O)(=O)N2C[C@H](CCC(=O)C(C)(C)O)Oc3ccc(-c4cc(F)ccc4F)cc32)c1. The number of anilines is 1. The molecular formula is C26H26F2N2O5S. The molecule has 0 saturated carbocycles. The Bertz CT molecular complexity index is 1420. The third-order valence-corrected chi connectivity index (χ3v) is 7.69. The highest BCUT2D eigenvalue weighted by molar-refractivity contribution is 7.92. The third-order valence-electron chi connectivity index (χ3n) is 5.94. The molecule has 3 aromatic rings. The fourth-order valence-corrected chi connectivity index (χ4v) is 5.52. The molecule has 1 aromatic heterocycles. The molecular weight excluding hydrogens is 490 g/mol. The Hall–Kier alpha value is -3.37. The van der Waals surface area contributed by atoms with Crippen molar-refractivity contribution in [3.8, 4) is 16.9 Å². The van der Waals surface area contributed by atoms with Crippen molar-refractivity contribution >= 4 is 21.5 Å². The van der Waals surface area contributed by atoms with Gasteiger partial charge >= 0.3 is 0 Å². The maximum absolute atomic E-state index is 14.5. The summed E-state index contributed by atoms with van der Waals surface area (Å²) >= 11 is 0. The first-order chi connectivity index (χ1) is 16.9. The number of carbonyl (C=O) groups excluding carboxylic acids is 1. The first-order valence-electron chi connectivity index (χ1n) is 11.3. The van der Waals surface area contributed by atoms with Gasteiger partial charge < -0.3 is 9.84 Å². The second-order valence-corrected chi connectivity index (χ2v) is 11.2. The van der Waals surface area contributed by atoms with Gasteiger partial charge in [0, 0.05) is 24.4 Å². The lowest BCUT2D eigenvalue weighted by atomic mass is 9.97. The highest BCUT2D eigenvalue weighted by atomic mass is 32.2. The molecule has 0 bridgehead atoms. The zero-order valence-corrected chi connectivity index (χ0v) is 20.9. The number of aryl methyl sites for hydroxylation is 1. The van der Waals surface area contributed by atoms with Crippen molar-refractivity contribution in [1.29, 1.82) is 0 Å². The van der Waals surface area contributed by atoms with E-state index in [1.807, 2.05) is 0 Å². The summed E-state index contributed by atoms with van der Waals surface area (Å²) in [6, 6.07) is 8.97. The maximum Gasteiger partial charge on any atom is 0.266 e. The molecule has 1 N–H and O–H groups in total. The number of benzene rings is 2. The molecule has 0 aliphatic carbocycles. The minimum absolute atomic E-state index is 0.0179. The van der Waals surface area contributed by atoms with Crippen LogP contribution in [0.5, 0.6) is 5.75 Å². The molecule has 0 unspecified atom stereocenters. The van der Waals surface area contributed by atoms with Crippen LogP contribution in [0.1, 0.15) is 32.3 Å². The van der Waals surface area contributed by atoms with Crippen molar-refractivity contribution in [1.82, 2.24) is 4.98 Å². The van der Waals surface area contributed by atoms with Gasteiger partial charge in [-0.3, -0.25) is 14.1 Å². The van der Waals surface area contributed by atoms with Crippen LogP contribution in [0.15, 0.2) is 59.8 Å². The molecule has 1 aliphatic heterocycles. The molecule has 7 nitrogen and oxygen atoms in total. The van der Waals surface area contributed by atoms with E-state index in [4.69, 9.17) is 4.74 Å². The van der Waals surface area contributed by atoms with E-state index >= 15 is 0 Å². The fraction of sp³-hybridized carbons (Fsp3) is 0.308. The highest BCUT2D eigenvalue weighted by Crippen LogP contribution is 2.41. The number of carbonyl (C=O) groups is 1. The molecule has 10 heteroatoms. The van der Waals surface area contributed by atoms with Gasteiger partial charge in [0.05, 0.1) is 12.2 Å². The standard InChI is InChI=1S/C26H26F2N2O5S/c1-16-10-20(14-29-13-16)36(33,34)30-15-19(6-9-25(31)26(2,3)32)35-24-8-4-17(11-23(24)30)21-12-18(27)5-7-22(21)28/h4-5,7-8,10-14,19,32H,6,9,15H2,1-3H3/t19-/m0/s1. The van der Waals surface area contributed by atoms with Crippen molar-refractivity contribution in [2.75, 3.05) is 10.8 Å². The van der Waals surface area contributed by atoms with E-state index in [-0.39, 0.29) is 46.8 Å². The second kappa shape index (κ2) is 9.59. The highest BCUT2D eigenvalue weighted by Gasteiger charge is 2.36. The van der Waals surface area contributed by atoms with E-state index in [1.165, 1.54) is 50.5 Å². The van der Waals surface area contributed by atoms with Crippen LogP contribution in [0.3, 0.4) is 0 Å². The summed E-state index contributed by atoms with van der Waals surface area (Å²) in [5, 5.41) is 9.95. The van der Waals surface area contributed by atoms with Crippen LogP contribution in [-0.2, 0) is 14.8 Å². The number of nitrogens with zero attached hydrogens (tertiary/aromatic N) is 2. The zero-order chi connectivity index (χ0) is 26.3. The van der Waals surface area contributed by atoms with E-state index in [0.29, 0.717) is 5.56 Å². The first-order valence-corrected chi connectivity index (χ1v) is 12.8. The molecule has 2 heterocycles. The second-order valence-electron chi connectivity index (χ2n) is 9.30. The van der Waals surface area contributed by atoms with Crippen molar-refractivity contribution < 1.29 is 31.8 Å². The monoisotopic (exact) mass is 516 g/mol. The Morgan fingerprint density at radius 2 is 1.92 bits per heavy atom. The van der Waals surface area contributed by atoms with Gasteiger partial charge in [-0.2, -0.15) is 0 Å². The van der Waals surface area contributed by atoms with E-state index in [9.17, 15) is 27.1 Å². The quantitative estimate of drug-likeness (QED) is 0.500.